The molecular formula is C25H22Br2N4O2. The van der Waals surface area contributed by atoms with Crippen LogP contribution in [0.5, 0.6) is 5.75 Å². The van der Waals surface area contributed by atoms with Crippen molar-refractivity contribution in [2.24, 2.45) is 10.2 Å². The van der Waals surface area contributed by atoms with E-state index in [1.807, 2.05) is 17.9 Å². The van der Waals surface area contributed by atoms with Crippen LogP contribution in [0.3, 0.4) is 0 Å². The van der Waals surface area contributed by atoms with Crippen molar-refractivity contribution in [3.63, 3.8) is 0 Å². The highest BCUT2D eigenvalue weighted by Gasteiger charge is 2.12. The lowest BCUT2D eigenvalue weighted by molar-refractivity contribution is 0.101. The summed E-state index contributed by atoms with van der Waals surface area (Å²) >= 11 is 6.84. The highest BCUT2D eigenvalue weighted by atomic mass is 79.9. The number of phenols is 1. The van der Waals surface area contributed by atoms with Crippen LogP contribution in [0.4, 0.5) is 17.1 Å². The average Bonchev–Trinajstić information content (AvgIpc) is 2.78. The molecule has 33 heavy (non-hydrogen) atoms. The molecule has 3 aromatic rings. The minimum atomic E-state index is -0.0558. The lowest BCUT2D eigenvalue weighted by Crippen LogP contribution is -2.23. The molecule has 0 unspecified atom stereocenters. The number of ketones is 1. The standard InChI is InChI=1S/C25H22Br2N4O2/c1-16-4-6-18(7-5-16)15-31(11-3-10-28)20-8-9-23(24(33)14-20)29-30-25-21(26)12-19(17(2)32)13-22(25)27/h4-9,12-14,33H,3,11,15H2,1-2H3. The van der Waals surface area contributed by atoms with Crippen LogP contribution in [0.25, 0.3) is 0 Å². The van der Waals surface area contributed by atoms with Gasteiger partial charge in [0.25, 0.3) is 0 Å². The topological polar surface area (TPSA) is 89.0 Å². The molecule has 0 aromatic heterocycles. The predicted molar refractivity (Wildman–Crippen MR) is 137 cm³/mol. The molecule has 0 saturated heterocycles. The molecule has 8 heteroatoms. The molecule has 3 aromatic carbocycles. The molecule has 0 fully saturated rings. The van der Waals surface area contributed by atoms with Gasteiger partial charge in [-0.1, -0.05) is 29.8 Å². The van der Waals surface area contributed by atoms with E-state index in [1.165, 1.54) is 12.5 Å². The Bertz CT molecular complexity index is 1210. The molecule has 0 saturated carbocycles. The SMILES string of the molecule is CC(=O)c1cc(Br)c(N=Nc2ccc(N(CCC#N)Cc3ccc(C)cc3)cc2O)c(Br)c1. The van der Waals surface area contributed by atoms with Gasteiger partial charge in [0.05, 0.1) is 12.5 Å². The van der Waals surface area contributed by atoms with Gasteiger partial charge in [0, 0.05) is 39.4 Å². The van der Waals surface area contributed by atoms with Crippen molar-refractivity contribution in [2.75, 3.05) is 11.4 Å². The Hall–Kier alpha value is -3.02. The van der Waals surface area contributed by atoms with Gasteiger partial charge in [-0.15, -0.1) is 10.2 Å². The molecule has 0 aliphatic rings. The highest BCUT2D eigenvalue weighted by Crippen LogP contribution is 2.38. The number of phenolic OH excluding ortho intramolecular Hbond substituents is 1. The Morgan fingerprint density at radius 2 is 1.73 bits per heavy atom. The molecule has 168 valence electrons. The zero-order valence-electron chi connectivity index (χ0n) is 18.2. The first kappa shape index (κ1) is 24.6. The molecular weight excluding hydrogens is 548 g/mol. The maximum Gasteiger partial charge on any atom is 0.159 e. The zero-order chi connectivity index (χ0) is 24.0. The van der Waals surface area contributed by atoms with Gasteiger partial charge in [-0.3, -0.25) is 4.79 Å². The number of nitrogens with zero attached hydrogens (tertiary/aromatic N) is 4. The second-order valence-electron chi connectivity index (χ2n) is 7.53. The summed E-state index contributed by atoms with van der Waals surface area (Å²) in [5, 5.41) is 28.1. The summed E-state index contributed by atoms with van der Waals surface area (Å²) in [6, 6.07) is 18.9. The summed E-state index contributed by atoms with van der Waals surface area (Å²) in [4.78, 5) is 13.7. The fraction of sp³-hybridized carbons (Fsp3) is 0.200. The van der Waals surface area contributed by atoms with Crippen LogP contribution >= 0.6 is 31.9 Å². The van der Waals surface area contributed by atoms with Crippen LogP contribution in [-0.4, -0.2) is 17.4 Å². The average molecular weight is 570 g/mol. The Labute approximate surface area is 209 Å². The van der Waals surface area contributed by atoms with E-state index in [-0.39, 0.29) is 11.5 Å². The zero-order valence-corrected chi connectivity index (χ0v) is 21.4. The molecule has 0 spiro atoms. The van der Waals surface area contributed by atoms with Gasteiger partial charge in [0.2, 0.25) is 0 Å². The third-order valence-corrected chi connectivity index (χ3v) is 6.20. The summed E-state index contributed by atoms with van der Waals surface area (Å²) in [6.45, 7) is 4.68. The first-order valence-electron chi connectivity index (χ1n) is 10.2. The van der Waals surface area contributed by atoms with E-state index in [9.17, 15) is 9.90 Å². The number of benzene rings is 3. The lowest BCUT2D eigenvalue weighted by Gasteiger charge is -2.24. The fourth-order valence-electron chi connectivity index (χ4n) is 3.16. The Balaban J connectivity index is 1.85. The van der Waals surface area contributed by atoms with Crippen molar-refractivity contribution in [3.05, 3.63) is 80.2 Å². The van der Waals surface area contributed by atoms with Crippen LogP contribution < -0.4 is 4.90 Å². The summed E-state index contributed by atoms with van der Waals surface area (Å²) in [5.74, 6) is -0.0746. The van der Waals surface area contributed by atoms with Crippen LogP contribution in [0, 0.1) is 18.3 Å². The fourth-order valence-corrected chi connectivity index (χ4v) is 4.50. The van der Waals surface area contributed by atoms with Gasteiger partial charge in [-0.05, 0) is 75.5 Å². The predicted octanol–water partition coefficient (Wildman–Crippen LogP) is 7.76. The number of nitriles is 1. The highest BCUT2D eigenvalue weighted by molar-refractivity contribution is 9.11. The van der Waals surface area contributed by atoms with Crippen molar-refractivity contribution in [2.45, 2.75) is 26.8 Å². The van der Waals surface area contributed by atoms with Crippen LogP contribution in [0.15, 0.2) is 73.8 Å². The first-order chi connectivity index (χ1) is 15.8. The van der Waals surface area contributed by atoms with Crippen LogP contribution in [-0.2, 0) is 6.54 Å². The Morgan fingerprint density at radius 3 is 2.30 bits per heavy atom. The van der Waals surface area contributed by atoms with E-state index in [0.717, 1.165) is 11.3 Å². The van der Waals surface area contributed by atoms with Crippen LogP contribution in [0.2, 0.25) is 0 Å². The van der Waals surface area contributed by atoms with Gasteiger partial charge in [-0.25, -0.2) is 0 Å². The maximum absolute atomic E-state index is 11.6. The van der Waals surface area contributed by atoms with E-state index in [4.69, 9.17) is 5.26 Å². The molecule has 0 aliphatic heterocycles. The van der Waals surface area contributed by atoms with Crippen molar-refractivity contribution in [1.82, 2.24) is 0 Å². The number of halogens is 2. The quantitative estimate of drug-likeness (QED) is 0.222. The first-order valence-corrected chi connectivity index (χ1v) is 11.8. The maximum atomic E-state index is 11.6. The number of Topliss-reactive ketones (excluding diaryl/α,β-unsaturated/α-hetero) is 1. The number of aromatic hydroxyl groups is 1. The monoisotopic (exact) mass is 568 g/mol. The molecule has 0 atom stereocenters. The molecule has 0 aliphatic carbocycles. The van der Waals surface area contributed by atoms with E-state index < -0.39 is 0 Å². The summed E-state index contributed by atoms with van der Waals surface area (Å²) in [7, 11) is 0. The number of aryl methyl sites for hydroxylation is 1. The van der Waals surface area contributed by atoms with Gasteiger partial charge < -0.3 is 10.0 Å². The van der Waals surface area contributed by atoms with Crippen molar-refractivity contribution >= 4 is 54.7 Å². The Morgan fingerprint density at radius 1 is 1.06 bits per heavy atom. The minimum Gasteiger partial charge on any atom is -0.506 e. The van der Waals surface area contributed by atoms with Crippen molar-refractivity contribution in [1.29, 1.82) is 5.26 Å². The minimum absolute atomic E-state index is 0.0188. The molecule has 0 amide bonds. The van der Waals surface area contributed by atoms with Crippen molar-refractivity contribution in [3.8, 4) is 11.8 Å². The van der Waals surface area contributed by atoms with Gasteiger partial charge in [-0.2, -0.15) is 5.26 Å². The van der Waals surface area contributed by atoms with E-state index in [0.29, 0.717) is 45.4 Å². The number of carbonyl (C=O) groups excluding carboxylic acids is 1. The number of anilines is 1. The van der Waals surface area contributed by atoms with Gasteiger partial charge in [0.1, 0.15) is 17.1 Å². The normalized spacial score (nSPS) is 10.9. The smallest absolute Gasteiger partial charge is 0.159 e. The number of hydrogen-bond donors (Lipinski definition) is 1. The van der Waals surface area contributed by atoms with Gasteiger partial charge >= 0.3 is 0 Å². The molecule has 0 heterocycles. The second kappa shape index (κ2) is 11.2. The summed E-state index contributed by atoms with van der Waals surface area (Å²) in [6.07, 6.45) is 0.367. The molecule has 6 nitrogen and oxygen atoms in total. The Kier molecular flexibility index (Phi) is 8.37. The second-order valence-corrected chi connectivity index (χ2v) is 9.24. The van der Waals surface area contributed by atoms with Crippen LogP contribution in [0.1, 0.15) is 34.8 Å². The largest absolute Gasteiger partial charge is 0.506 e. The number of azo groups is 1. The molecule has 0 radical (unpaired) electrons. The molecule has 0 bridgehead atoms. The van der Waals surface area contributed by atoms with E-state index in [1.54, 1.807) is 24.3 Å². The summed E-state index contributed by atoms with van der Waals surface area (Å²) in [5.41, 5.74) is 4.46. The van der Waals surface area contributed by atoms with Gasteiger partial charge in [0.15, 0.2) is 5.78 Å². The number of hydrogen-bond acceptors (Lipinski definition) is 6. The molecule has 1 N–H and O–H groups in total. The van der Waals surface area contributed by atoms with Crippen molar-refractivity contribution < 1.29 is 9.90 Å². The number of rotatable bonds is 8. The number of carbonyl (C=O) groups is 1. The van der Waals surface area contributed by atoms with E-state index in [2.05, 4.69) is 72.4 Å². The lowest BCUT2D eigenvalue weighted by atomic mass is 10.1. The molecule has 3 rings (SSSR count). The summed E-state index contributed by atoms with van der Waals surface area (Å²) < 4.78 is 1.23. The third kappa shape index (κ3) is 6.50. The van der Waals surface area contributed by atoms with E-state index >= 15 is 0 Å². The third-order valence-electron chi connectivity index (χ3n) is 4.99.